The summed E-state index contributed by atoms with van der Waals surface area (Å²) in [5.74, 6) is 0.0422. The summed E-state index contributed by atoms with van der Waals surface area (Å²) >= 11 is 7.38. The molecule has 9 nitrogen and oxygen atoms in total. The van der Waals surface area contributed by atoms with Crippen LogP contribution in [-0.2, 0) is 14.3 Å². The molecule has 1 saturated heterocycles. The molecule has 2 aliphatic heterocycles. The van der Waals surface area contributed by atoms with Gasteiger partial charge in [0.05, 0.1) is 28.5 Å². The summed E-state index contributed by atoms with van der Waals surface area (Å²) in [6.45, 7) is 9.98. The second-order valence-corrected chi connectivity index (χ2v) is 11.5. The molecule has 1 aromatic heterocycles. The monoisotopic (exact) mass is 608 g/mol. The average molecular weight is 609 g/mol. The van der Waals surface area contributed by atoms with Gasteiger partial charge in [-0.15, -0.1) is 0 Å². The van der Waals surface area contributed by atoms with Crippen LogP contribution in [0.3, 0.4) is 0 Å². The van der Waals surface area contributed by atoms with E-state index in [0.29, 0.717) is 44.5 Å². The number of allylic oxidation sites excluding steroid dienone is 1. The first-order chi connectivity index (χ1) is 20.3. The van der Waals surface area contributed by atoms with E-state index in [4.69, 9.17) is 21.1 Å². The molecule has 220 valence electrons. The molecule has 1 unspecified atom stereocenters. The Labute approximate surface area is 252 Å². The lowest BCUT2D eigenvalue weighted by Gasteiger charge is -2.33. The van der Waals surface area contributed by atoms with Gasteiger partial charge in [0.1, 0.15) is 5.75 Å². The molecule has 3 aromatic rings. The van der Waals surface area contributed by atoms with Crippen molar-refractivity contribution < 1.29 is 19.1 Å². The third-order valence-electron chi connectivity index (χ3n) is 7.42. The van der Waals surface area contributed by atoms with Crippen LogP contribution in [-0.4, -0.2) is 72.2 Å². The SMILES string of the molecule is CCOC(=O)C1=C(C)N=c2s/c(=C\c3ccc(OCC(=O)N4CCN(CC)CC4)cc3)c(=O)n2C1c1ccc(Cl)cc1. The summed E-state index contributed by atoms with van der Waals surface area (Å²) in [4.78, 5) is 48.6. The average Bonchev–Trinajstić information content (AvgIpc) is 3.30. The van der Waals surface area contributed by atoms with Gasteiger partial charge in [-0.2, -0.15) is 0 Å². The van der Waals surface area contributed by atoms with Gasteiger partial charge >= 0.3 is 5.97 Å². The van der Waals surface area contributed by atoms with Gasteiger partial charge in [-0.1, -0.05) is 54.1 Å². The van der Waals surface area contributed by atoms with Crippen molar-refractivity contribution >= 4 is 40.9 Å². The molecule has 0 spiro atoms. The molecule has 2 aromatic carbocycles. The normalized spacial score (nSPS) is 17.6. The van der Waals surface area contributed by atoms with Gasteiger partial charge in [-0.3, -0.25) is 14.2 Å². The number of carbonyl (C=O) groups is 2. The molecule has 0 saturated carbocycles. The number of halogens is 1. The Balaban J connectivity index is 1.38. The van der Waals surface area contributed by atoms with Gasteiger partial charge in [0, 0.05) is 31.2 Å². The van der Waals surface area contributed by atoms with E-state index in [-0.39, 0.29) is 24.7 Å². The highest BCUT2D eigenvalue weighted by Gasteiger charge is 2.33. The number of nitrogens with zero attached hydrogens (tertiary/aromatic N) is 4. The predicted octanol–water partition coefficient (Wildman–Crippen LogP) is 2.99. The highest BCUT2D eigenvalue weighted by atomic mass is 35.5. The standard InChI is InChI=1S/C31H33ClN4O5S/c1-4-34-14-16-35(17-15-34)26(37)19-41-24-12-6-21(7-13-24)18-25-29(38)36-28(22-8-10-23(32)11-9-22)27(30(39)40-5-2)20(3)33-31(36)42-25/h6-13,18,28H,4-5,14-17,19H2,1-3H3/b25-18-. The van der Waals surface area contributed by atoms with Crippen molar-refractivity contribution in [2.75, 3.05) is 45.9 Å². The topological polar surface area (TPSA) is 93.4 Å². The number of hydrogen-bond donors (Lipinski definition) is 0. The molecular weight excluding hydrogens is 576 g/mol. The van der Waals surface area contributed by atoms with E-state index in [1.807, 2.05) is 17.0 Å². The summed E-state index contributed by atoms with van der Waals surface area (Å²) in [6, 6.07) is 13.6. The van der Waals surface area contributed by atoms with E-state index in [2.05, 4.69) is 16.8 Å². The minimum atomic E-state index is -0.696. The third-order valence-corrected chi connectivity index (χ3v) is 8.65. The van der Waals surface area contributed by atoms with Crippen LogP contribution in [0.1, 0.15) is 37.9 Å². The molecule has 2 aliphatic rings. The number of esters is 1. The van der Waals surface area contributed by atoms with Gasteiger partial charge in [-0.25, -0.2) is 9.79 Å². The minimum absolute atomic E-state index is 0.0169. The fourth-order valence-electron chi connectivity index (χ4n) is 5.11. The van der Waals surface area contributed by atoms with Crippen molar-refractivity contribution in [3.05, 3.63) is 95.6 Å². The van der Waals surface area contributed by atoms with Crippen LogP contribution in [0.15, 0.2) is 69.6 Å². The Hall–Kier alpha value is -3.73. The number of fused-ring (bicyclic) bond motifs is 1. The summed E-state index contributed by atoms with van der Waals surface area (Å²) in [5.41, 5.74) is 2.08. The molecule has 0 bridgehead atoms. The van der Waals surface area contributed by atoms with Crippen molar-refractivity contribution in [1.29, 1.82) is 0 Å². The van der Waals surface area contributed by atoms with E-state index in [1.54, 1.807) is 60.9 Å². The number of likely N-dealkylation sites (N-methyl/N-ethyl adjacent to an activating group) is 1. The number of thiazole rings is 1. The Morgan fingerprint density at radius 2 is 1.74 bits per heavy atom. The van der Waals surface area contributed by atoms with E-state index in [1.165, 1.54) is 11.3 Å². The van der Waals surface area contributed by atoms with Crippen LogP contribution in [0.25, 0.3) is 6.08 Å². The smallest absolute Gasteiger partial charge is 0.338 e. The van der Waals surface area contributed by atoms with E-state index >= 15 is 0 Å². The molecule has 0 N–H and O–H groups in total. The van der Waals surface area contributed by atoms with Crippen molar-refractivity contribution in [2.24, 2.45) is 4.99 Å². The Morgan fingerprint density at radius 3 is 2.38 bits per heavy atom. The number of hydrogen-bond acceptors (Lipinski definition) is 8. The number of amides is 1. The predicted molar refractivity (Wildman–Crippen MR) is 162 cm³/mol. The summed E-state index contributed by atoms with van der Waals surface area (Å²) in [6.07, 6.45) is 1.79. The van der Waals surface area contributed by atoms with Gasteiger partial charge in [0.2, 0.25) is 0 Å². The lowest BCUT2D eigenvalue weighted by atomic mass is 9.96. The summed E-state index contributed by atoms with van der Waals surface area (Å²) in [7, 11) is 0. The molecule has 1 atom stereocenters. The lowest BCUT2D eigenvalue weighted by molar-refractivity contribution is -0.139. The largest absolute Gasteiger partial charge is 0.484 e. The lowest BCUT2D eigenvalue weighted by Crippen LogP contribution is -2.49. The Bertz CT molecular complexity index is 1670. The highest BCUT2D eigenvalue weighted by molar-refractivity contribution is 7.07. The van der Waals surface area contributed by atoms with Crippen molar-refractivity contribution in [3.8, 4) is 5.75 Å². The molecule has 1 fully saturated rings. The second kappa shape index (κ2) is 13.1. The van der Waals surface area contributed by atoms with Gasteiger partial charge in [0.25, 0.3) is 11.5 Å². The quantitative estimate of drug-likeness (QED) is 0.365. The number of carbonyl (C=O) groups excluding carboxylic acids is 2. The molecular formula is C31H33ClN4O5S. The van der Waals surface area contributed by atoms with E-state index in [9.17, 15) is 14.4 Å². The zero-order chi connectivity index (χ0) is 29.8. The number of rotatable bonds is 8. The summed E-state index contributed by atoms with van der Waals surface area (Å²) < 4.78 is 13.1. The number of aromatic nitrogens is 1. The number of benzene rings is 2. The van der Waals surface area contributed by atoms with Crippen molar-refractivity contribution in [2.45, 2.75) is 26.8 Å². The zero-order valence-electron chi connectivity index (χ0n) is 23.8. The zero-order valence-corrected chi connectivity index (χ0v) is 25.4. The van der Waals surface area contributed by atoms with Gasteiger partial charge in [0.15, 0.2) is 11.4 Å². The van der Waals surface area contributed by atoms with Gasteiger partial charge in [-0.05, 0) is 61.9 Å². The van der Waals surface area contributed by atoms with Crippen LogP contribution in [0.5, 0.6) is 5.75 Å². The van der Waals surface area contributed by atoms with Crippen LogP contribution in [0, 0.1) is 0 Å². The fourth-order valence-corrected chi connectivity index (χ4v) is 6.29. The van der Waals surface area contributed by atoms with Crippen molar-refractivity contribution in [3.63, 3.8) is 0 Å². The minimum Gasteiger partial charge on any atom is -0.484 e. The maximum atomic E-state index is 13.7. The van der Waals surface area contributed by atoms with Crippen LogP contribution < -0.4 is 19.6 Å². The first-order valence-electron chi connectivity index (χ1n) is 14.0. The van der Waals surface area contributed by atoms with Crippen LogP contribution in [0.2, 0.25) is 5.02 Å². The molecule has 1 amide bonds. The molecule has 0 radical (unpaired) electrons. The van der Waals surface area contributed by atoms with Crippen molar-refractivity contribution in [1.82, 2.24) is 14.4 Å². The first kappa shape index (κ1) is 29.8. The van der Waals surface area contributed by atoms with E-state index < -0.39 is 12.0 Å². The molecule has 42 heavy (non-hydrogen) atoms. The Kier molecular flexibility index (Phi) is 9.25. The molecule has 3 heterocycles. The third kappa shape index (κ3) is 6.35. The van der Waals surface area contributed by atoms with E-state index in [0.717, 1.165) is 30.8 Å². The molecule has 11 heteroatoms. The second-order valence-electron chi connectivity index (χ2n) is 10.0. The maximum Gasteiger partial charge on any atom is 0.338 e. The van der Waals surface area contributed by atoms with Crippen LogP contribution >= 0.6 is 22.9 Å². The molecule has 5 rings (SSSR count). The van der Waals surface area contributed by atoms with Gasteiger partial charge < -0.3 is 19.3 Å². The maximum absolute atomic E-state index is 13.7. The Morgan fingerprint density at radius 1 is 1.05 bits per heavy atom. The molecule has 0 aliphatic carbocycles. The fraction of sp³-hybridized carbons (Fsp3) is 0.355. The first-order valence-corrected chi connectivity index (χ1v) is 15.2. The van der Waals surface area contributed by atoms with Crippen LogP contribution in [0.4, 0.5) is 0 Å². The highest BCUT2D eigenvalue weighted by Crippen LogP contribution is 2.31. The number of piperazine rings is 1. The number of ether oxygens (including phenoxy) is 2. The summed E-state index contributed by atoms with van der Waals surface area (Å²) in [5, 5.41) is 0.552.